The number of amides is 1. The largest absolute Gasteiger partial charge is 1.00 e. The van der Waals surface area contributed by atoms with E-state index >= 15 is 0 Å². The van der Waals surface area contributed by atoms with Gasteiger partial charge in [-0.25, -0.2) is 9.50 Å². The molecule has 1 amide bonds. The number of ether oxygens (including phenoxy) is 1. The molecule has 8 nitrogen and oxygen atoms in total. The van der Waals surface area contributed by atoms with Gasteiger partial charge in [0, 0.05) is 43.5 Å². The Morgan fingerprint density at radius 1 is 1.31 bits per heavy atom. The number of benzene rings is 1. The Bertz CT molecular complexity index is 1110. The monoisotopic (exact) mass is 461 g/mol. The van der Waals surface area contributed by atoms with Crippen LogP contribution in [-0.4, -0.2) is 46.3 Å². The van der Waals surface area contributed by atoms with Gasteiger partial charge < -0.3 is 20.1 Å². The average molecular weight is 462 g/mol. The third kappa shape index (κ3) is 5.03. The Labute approximate surface area is 230 Å². The molecule has 32 heavy (non-hydrogen) atoms. The van der Waals surface area contributed by atoms with Crippen molar-refractivity contribution in [3.63, 3.8) is 0 Å². The van der Waals surface area contributed by atoms with Crippen molar-refractivity contribution in [2.45, 2.75) is 39.2 Å². The number of carbonyl (C=O) groups is 1. The van der Waals surface area contributed by atoms with E-state index in [4.69, 9.17) is 9.84 Å². The minimum absolute atomic E-state index is 0. The smallest absolute Gasteiger partial charge is 0.857 e. The van der Waals surface area contributed by atoms with Crippen LogP contribution in [0.25, 0.3) is 5.65 Å². The quantitative estimate of drug-likeness (QED) is 0.530. The number of hydrogen-bond donors (Lipinski definition) is 1. The minimum Gasteiger partial charge on any atom is -0.857 e. The van der Waals surface area contributed by atoms with E-state index in [0.717, 1.165) is 55.7 Å². The first-order valence-electron chi connectivity index (χ1n) is 10.5. The first kappa shape index (κ1) is 25.1. The maximum atomic E-state index is 13.1. The number of fused-ring (bicyclic) bond motifs is 2. The Morgan fingerprint density at radius 3 is 2.81 bits per heavy atom. The summed E-state index contributed by atoms with van der Waals surface area (Å²) in [7, 11) is 0.750. The van der Waals surface area contributed by atoms with Gasteiger partial charge in [-0.3, -0.25) is 4.79 Å². The SMILES string of the molecule is CC1CCN(c2cc3c(cc2NC(=O)c2cnn4cccnc24)CC(C)(C)O3)C1.C[O-].[K+]. The molecule has 1 N–H and O–H groups in total. The molecule has 0 spiro atoms. The van der Waals surface area contributed by atoms with Gasteiger partial charge in [0.1, 0.15) is 16.9 Å². The van der Waals surface area contributed by atoms with Crippen LogP contribution in [0.2, 0.25) is 0 Å². The van der Waals surface area contributed by atoms with Crippen molar-refractivity contribution in [3.8, 4) is 5.75 Å². The first-order chi connectivity index (χ1) is 14.9. The summed E-state index contributed by atoms with van der Waals surface area (Å²) < 4.78 is 7.76. The summed E-state index contributed by atoms with van der Waals surface area (Å²) in [4.78, 5) is 19.7. The predicted molar refractivity (Wildman–Crippen MR) is 118 cm³/mol. The van der Waals surface area contributed by atoms with Gasteiger partial charge in [0.25, 0.3) is 5.91 Å². The van der Waals surface area contributed by atoms with E-state index in [1.54, 1.807) is 29.2 Å². The summed E-state index contributed by atoms with van der Waals surface area (Å²) in [6, 6.07) is 5.95. The summed E-state index contributed by atoms with van der Waals surface area (Å²) in [5.41, 5.74) is 3.74. The summed E-state index contributed by atoms with van der Waals surface area (Å²) in [6.07, 6.45) is 6.98. The molecule has 0 radical (unpaired) electrons. The molecular weight excluding hydrogens is 433 g/mol. The molecule has 5 rings (SSSR count). The average Bonchev–Trinajstić information content (AvgIpc) is 3.44. The first-order valence-corrected chi connectivity index (χ1v) is 10.5. The van der Waals surface area contributed by atoms with Crippen LogP contribution in [0, 0.1) is 5.92 Å². The number of hydrogen-bond acceptors (Lipinski definition) is 6. The van der Waals surface area contributed by atoms with Gasteiger partial charge in [0.05, 0.1) is 17.6 Å². The number of carbonyl (C=O) groups excluding carboxylic acids is 1. The van der Waals surface area contributed by atoms with Crippen molar-refractivity contribution in [2.75, 3.05) is 30.4 Å². The van der Waals surface area contributed by atoms with Gasteiger partial charge >= 0.3 is 51.4 Å². The summed E-state index contributed by atoms with van der Waals surface area (Å²) in [6.45, 7) is 8.39. The van der Waals surface area contributed by atoms with Crippen LogP contribution in [0.5, 0.6) is 5.75 Å². The van der Waals surface area contributed by atoms with Crippen molar-refractivity contribution >= 4 is 22.9 Å². The Morgan fingerprint density at radius 2 is 2.09 bits per heavy atom. The normalized spacial score (nSPS) is 18.3. The standard InChI is InChI=1S/C22H25N5O2.CH3O.K/c1-14-5-8-26(13-14)18-10-19-15(11-22(2,3)29-19)9-17(18)25-21(28)16-12-24-27-7-4-6-23-20(16)27;1-2;/h4,6-7,9-10,12,14H,5,8,11,13H2,1-3H3,(H,25,28);1H3;/q;-1;+1. The summed E-state index contributed by atoms with van der Waals surface area (Å²) in [5.74, 6) is 1.35. The number of rotatable bonds is 3. The van der Waals surface area contributed by atoms with Gasteiger partial charge in [0.2, 0.25) is 0 Å². The maximum Gasteiger partial charge on any atom is 1.00 e. The molecule has 2 aliphatic heterocycles. The van der Waals surface area contributed by atoms with Gasteiger partial charge in [-0.15, -0.1) is 0 Å². The molecule has 0 bridgehead atoms. The molecule has 2 aromatic heterocycles. The van der Waals surface area contributed by atoms with Crippen molar-refractivity contribution in [1.29, 1.82) is 0 Å². The zero-order valence-electron chi connectivity index (χ0n) is 19.4. The number of aromatic nitrogens is 3. The number of nitrogens with zero attached hydrogens (tertiary/aromatic N) is 4. The van der Waals surface area contributed by atoms with Crippen molar-refractivity contribution < 1.29 is 66.0 Å². The fourth-order valence-corrected chi connectivity index (χ4v) is 4.33. The topological polar surface area (TPSA) is 94.8 Å². The van der Waals surface area contributed by atoms with Crippen LogP contribution in [0.1, 0.15) is 43.1 Å². The molecule has 1 atom stereocenters. The molecule has 0 aliphatic carbocycles. The zero-order valence-corrected chi connectivity index (χ0v) is 22.5. The molecule has 3 aromatic rings. The Hall–Kier alpha value is -1.49. The zero-order chi connectivity index (χ0) is 22.2. The van der Waals surface area contributed by atoms with Crippen LogP contribution in [0.4, 0.5) is 11.4 Å². The van der Waals surface area contributed by atoms with E-state index in [9.17, 15) is 4.79 Å². The second kappa shape index (κ2) is 10.2. The third-order valence-electron chi connectivity index (χ3n) is 5.72. The summed E-state index contributed by atoms with van der Waals surface area (Å²) in [5, 5.41) is 15.6. The van der Waals surface area contributed by atoms with E-state index in [1.165, 1.54) is 0 Å². The van der Waals surface area contributed by atoms with Crippen molar-refractivity contribution in [1.82, 2.24) is 14.6 Å². The number of nitrogens with one attached hydrogen (secondary N) is 1. The van der Waals surface area contributed by atoms with E-state index in [0.29, 0.717) is 17.1 Å². The fourth-order valence-electron chi connectivity index (χ4n) is 4.33. The van der Waals surface area contributed by atoms with Gasteiger partial charge in [-0.05, 0) is 38.3 Å². The van der Waals surface area contributed by atoms with Crippen molar-refractivity contribution in [3.05, 3.63) is 47.9 Å². The van der Waals surface area contributed by atoms with Crippen LogP contribution >= 0.6 is 0 Å². The minimum atomic E-state index is -0.229. The molecule has 1 saturated heterocycles. The molecular formula is C23H28KN5O3. The molecule has 1 aromatic carbocycles. The van der Waals surface area contributed by atoms with Gasteiger partial charge in [-0.1, -0.05) is 6.92 Å². The molecule has 1 unspecified atom stereocenters. The van der Waals surface area contributed by atoms with Crippen LogP contribution in [-0.2, 0) is 6.42 Å². The van der Waals surface area contributed by atoms with E-state index < -0.39 is 0 Å². The molecule has 164 valence electrons. The fraction of sp³-hybridized carbons (Fsp3) is 0.435. The van der Waals surface area contributed by atoms with Crippen LogP contribution in [0.15, 0.2) is 36.8 Å². The maximum absolute atomic E-state index is 13.1. The second-order valence-electron chi connectivity index (χ2n) is 8.76. The Balaban J connectivity index is 0.000000938. The summed E-state index contributed by atoms with van der Waals surface area (Å²) >= 11 is 0. The molecule has 0 saturated carbocycles. The van der Waals surface area contributed by atoms with E-state index in [-0.39, 0.29) is 62.9 Å². The molecule has 9 heteroatoms. The van der Waals surface area contributed by atoms with E-state index in [2.05, 4.69) is 53.2 Å². The second-order valence-corrected chi connectivity index (χ2v) is 8.76. The molecule has 2 aliphatic rings. The number of anilines is 2. The molecule has 1 fully saturated rings. The van der Waals surface area contributed by atoms with Crippen LogP contribution < -0.4 is 71.4 Å². The van der Waals surface area contributed by atoms with Crippen LogP contribution in [0.3, 0.4) is 0 Å². The molecule has 4 heterocycles. The Kier molecular flexibility index (Phi) is 8.00. The van der Waals surface area contributed by atoms with E-state index in [1.807, 2.05) is 0 Å². The van der Waals surface area contributed by atoms with Gasteiger partial charge in [-0.2, -0.15) is 12.2 Å². The predicted octanol–water partition coefficient (Wildman–Crippen LogP) is -0.478. The third-order valence-corrected chi connectivity index (χ3v) is 5.72. The van der Waals surface area contributed by atoms with Gasteiger partial charge in [0.15, 0.2) is 5.65 Å². The van der Waals surface area contributed by atoms with Crippen molar-refractivity contribution in [2.24, 2.45) is 5.92 Å².